The van der Waals surface area contributed by atoms with Crippen LogP contribution in [0.15, 0.2) is 0 Å². The van der Waals surface area contributed by atoms with Crippen LogP contribution in [-0.2, 0) is 0 Å². The molecule has 0 radical (unpaired) electrons. The van der Waals surface area contributed by atoms with Gasteiger partial charge in [0.25, 0.3) is 0 Å². The summed E-state index contributed by atoms with van der Waals surface area (Å²) in [5.41, 5.74) is -0.722. The van der Waals surface area contributed by atoms with Gasteiger partial charge in [-0.3, -0.25) is 0 Å². The van der Waals surface area contributed by atoms with Crippen LogP contribution in [0.4, 0.5) is 0 Å². The molecule has 0 saturated carbocycles. The Hall–Kier alpha value is -1.06. The summed E-state index contributed by atoms with van der Waals surface area (Å²) >= 11 is 0. The van der Waals surface area contributed by atoms with Crippen molar-refractivity contribution in [3.63, 3.8) is 0 Å². The van der Waals surface area contributed by atoms with Gasteiger partial charge >= 0.3 is 0 Å². The maximum Gasteiger partial charge on any atom is 0.157 e. The summed E-state index contributed by atoms with van der Waals surface area (Å²) in [6, 6.07) is 4.01. The van der Waals surface area contributed by atoms with Crippen LogP contribution in [-0.4, -0.2) is 13.1 Å². The molecule has 46 valence electrons. The molecule has 0 aromatic heterocycles. The van der Waals surface area contributed by atoms with Gasteiger partial charge in [0.1, 0.15) is 0 Å². The third kappa shape index (κ3) is 0.872. The first-order chi connectivity index (χ1) is 4.33. The molecule has 0 unspecified atom stereocenters. The van der Waals surface area contributed by atoms with Crippen molar-refractivity contribution in [1.82, 2.24) is 5.32 Å². The van der Waals surface area contributed by atoms with Crippen LogP contribution in [0, 0.1) is 28.1 Å². The highest BCUT2D eigenvalue weighted by Crippen LogP contribution is 2.22. The summed E-state index contributed by atoms with van der Waals surface area (Å²) in [4.78, 5) is 0. The summed E-state index contributed by atoms with van der Waals surface area (Å²) in [7, 11) is 0. The van der Waals surface area contributed by atoms with Crippen molar-refractivity contribution in [3.8, 4) is 12.1 Å². The Morgan fingerprint density at radius 1 is 1.33 bits per heavy atom. The molecule has 9 heavy (non-hydrogen) atoms. The fourth-order valence-corrected chi connectivity index (χ4v) is 0.908. The lowest BCUT2D eigenvalue weighted by molar-refractivity contribution is 0.584. The summed E-state index contributed by atoms with van der Waals surface area (Å²) in [6.45, 7) is 1.32. The largest absolute Gasteiger partial charge is 0.314 e. The van der Waals surface area contributed by atoms with Crippen LogP contribution in [0.1, 0.15) is 6.42 Å². The Morgan fingerprint density at radius 3 is 2.22 bits per heavy atom. The van der Waals surface area contributed by atoms with Gasteiger partial charge < -0.3 is 5.32 Å². The molecule has 1 rings (SSSR count). The molecule has 0 bridgehead atoms. The zero-order chi connectivity index (χ0) is 6.74. The van der Waals surface area contributed by atoms with Crippen LogP contribution < -0.4 is 5.32 Å². The first-order valence-corrected chi connectivity index (χ1v) is 2.86. The van der Waals surface area contributed by atoms with E-state index in [1.807, 2.05) is 12.1 Å². The van der Waals surface area contributed by atoms with Gasteiger partial charge in [-0.05, 0) is 13.0 Å². The van der Waals surface area contributed by atoms with Gasteiger partial charge in [0.05, 0.1) is 12.1 Å². The minimum Gasteiger partial charge on any atom is -0.314 e. The van der Waals surface area contributed by atoms with Crippen LogP contribution in [0.3, 0.4) is 0 Å². The van der Waals surface area contributed by atoms with Crippen molar-refractivity contribution in [3.05, 3.63) is 0 Å². The maximum absolute atomic E-state index is 8.50. The monoisotopic (exact) mass is 121 g/mol. The summed E-state index contributed by atoms with van der Waals surface area (Å²) in [6.07, 6.45) is 0.667. The normalized spacial score (nSPS) is 22.4. The van der Waals surface area contributed by atoms with E-state index in [0.717, 1.165) is 6.54 Å². The molecular formula is C6H7N3. The van der Waals surface area contributed by atoms with Crippen molar-refractivity contribution in [2.45, 2.75) is 6.42 Å². The lowest BCUT2D eigenvalue weighted by Crippen LogP contribution is -2.19. The van der Waals surface area contributed by atoms with Gasteiger partial charge in [-0.2, -0.15) is 10.5 Å². The highest BCUT2D eigenvalue weighted by atomic mass is 14.9. The van der Waals surface area contributed by atoms with Gasteiger partial charge in [0.15, 0.2) is 5.41 Å². The van der Waals surface area contributed by atoms with Crippen LogP contribution in [0.25, 0.3) is 0 Å². The summed E-state index contributed by atoms with van der Waals surface area (Å²) < 4.78 is 0. The van der Waals surface area contributed by atoms with Crippen molar-refractivity contribution in [2.24, 2.45) is 5.41 Å². The smallest absolute Gasteiger partial charge is 0.157 e. The van der Waals surface area contributed by atoms with E-state index in [1.54, 1.807) is 0 Å². The zero-order valence-corrected chi connectivity index (χ0v) is 5.02. The van der Waals surface area contributed by atoms with Crippen molar-refractivity contribution >= 4 is 0 Å². The number of nitriles is 2. The fraction of sp³-hybridized carbons (Fsp3) is 0.667. The second-order valence-electron chi connectivity index (χ2n) is 2.23. The first-order valence-electron chi connectivity index (χ1n) is 2.86. The average molecular weight is 121 g/mol. The maximum atomic E-state index is 8.50. The Morgan fingerprint density at radius 2 is 2.00 bits per heavy atom. The average Bonchev–Trinajstić information content (AvgIpc) is 2.36. The molecule has 1 aliphatic rings. The predicted molar refractivity (Wildman–Crippen MR) is 31.1 cm³/mol. The van der Waals surface area contributed by atoms with Crippen LogP contribution >= 0.6 is 0 Å². The summed E-state index contributed by atoms with van der Waals surface area (Å²) in [5.74, 6) is 0. The van der Waals surface area contributed by atoms with E-state index in [9.17, 15) is 0 Å². The SMILES string of the molecule is N#CC1(C#N)CCNC1. The molecule has 1 fully saturated rings. The molecule has 0 amide bonds. The van der Waals surface area contributed by atoms with E-state index < -0.39 is 5.41 Å². The molecular weight excluding hydrogens is 114 g/mol. The van der Waals surface area contributed by atoms with E-state index >= 15 is 0 Å². The van der Waals surface area contributed by atoms with E-state index in [-0.39, 0.29) is 0 Å². The highest BCUT2D eigenvalue weighted by Gasteiger charge is 2.33. The van der Waals surface area contributed by atoms with Gasteiger partial charge in [0, 0.05) is 6.54 Å². The quantitative estimate of drug-likeness (QED) is 0.491. The zero-order valence-electron chi connectivity index (χ0n) is 5.02. The van der Waals surface area contributed by atoms with Gasteiger partial charge in [-0.15, -0.1) is 0 Å². The van der Waals surface area contributed by atoms with Gasteiger partial charge in [-0.1, -0.05) is 0 Å². The topological polar surface area (TPSA) is 59.6 Å². The molecule has 0 aliphatic carbocycles. The Kier molecular flexibility index (Phi) is 1.38. The number of nitrogens with one attached hydrogen (secondary N) is 1. The molecule has 0 aromatic carbocycles. The van der Waals surface area contributed by atoms with E-state index in [2.05, 4.69) is 5.32 Å². The van der Waals surface area contributed by atoms with Crippen LogP contribution in [0.5, 0.6) is 0 Å². The van der Waals surface area contributed by atoms with Crippen molar-refractivity contribution < 1.29 is 0 Å². The predicted octanol–water partition coefficient (Wildman–Crippen LogP) is 0.0133. The Bertz CT molecular complexity index is 161. The molecule has 0 aromatic rings. The third-order valence-corrected chi connectivity index (χ3v) is 1.58. The van der Waals surface area contributed by atoms with Gasteiger partial charge in [0.2, 0.25) is 0 Å². The van der Waals surface area contributed by atoms with E-state index in [4.69, 9.17) is 10.5 Å². The molecule has 1 heterocycles. The van der Waals surface area contributed by atoms with Gasteiger partial charge in [-0.25, -0.2) is 0 Å². The molecule has 1 saturated heterocycles. The van der Waals surface area contributed by atoms with Crippen LogP contribution in [0.2, 0.25) is 0 Å². The minimum atomic E-state index is -0.722. The number of hydrogen-bond acceptors (Lipinski definition) is 3. The number of rotatable bonds is 0. The Labute approximate surface area is 53.9 Å². The number of hydrogen-bond donors (Lipinski definition) is 1. The fourth-order valence-electron chi connectivity index (χ4n) is 0.908. The standard InChI is InChI=1S/C6H7N3/c7-3-6(4-8)1-2-9-5-6/h9H,1-2,5H2. The molecule has 3 heteroatoms. The first kappa shape index (κ1) is 6.07. The highest BCUT2D eigenvalue weighted by molar-refractivity contribution is 5.17. The molecule has 1 N–H and O–H groups in total. The second-order valence-corrected chi connectivity index (χ2v) is 2.23. The second kappa shape index (κ2) is 2.05. The van der Waals surface area contributed by atoms with Crippen molar-refractivity contribution in [2.75, 3.05) is 13.1 Å². The number of nitrogens with zero attached hydrogens (tertiary/aromatic N) is 2. The minimum absolute atomic E-state index is 0.528. The lowest BCUT2D eigenvalue weighted by Gasteiger charge is -2.04. The van der Waals surface area contributed by atoms with E-state index in [1.165, 1.54) is 0 Å². The molecule has 0 spiro atoms. The van der Waals surface area contributed by atoms with E-state index in [0.29, 0.717) is 13.0 Å². The third-order valence-electron chi connectivity index (χ3n) is 1.58. The lowest BCUT2D eigenvalue weighted by atomic mass is 9.92. The summed E-state index contributed by atoms with van der Waals surface area (Å²) in [5, 5.41) is 20.0. The van der Waals surface area contributed by atoms with Crippen molar-refractivity contribution in [1.29, 1.82) is 10.5 Å². The molecule has 1 aliphatic heterocycles. The Balaban J connectivity index is 2.74. The molecule has 3 nitrogen and oxygen atoms in total. The molecule has 0 atom stereocenters.